The van der Waals surface area contributed by atoms with Crippen LogP contribution in [0.5, 0.6) is 0 Å². The first-order valence-corrected chi connectivity index (χ1v) is 5.08. The van der Waals surface area contributed by atoms with Gasteiger partial charge in [-0.1, -0.05) is 19.1 Å². The molecule has 1 amide bonds. The molecule has 0 aromatic heterocycles. The number of carbonyl (C=O) groups excluding carboxylic acids is 1. The number of carbonyl (C=O) groups is 1. The molecular weight excluding hydrogens is 192 g/mol. The number of hydrogen-bond donors (Lipinski definition) is 2. The van der Waals surface area contributed by atoms with Crippen LogP contribution in [0.2, 0.25) is 0 Å². The molecule has 0 fully saturated rings. The van der Waals surface area contributed by atoms with Gasteiger partial charge in [-0.25, -0.2) is 0 Å². The van der Waals surface area contributed by atoms with Gasteiger partial charge in [0.25, 0.3) is 0 Å². The Morgan fingerprint density at radius 1 is 1.60 bits per heavy atom. The van der Waals surface area contributed by atoms with Gasteiger partial charge < -0.3 is 15.8 Å². The van der Waals surface area contributed by atoms with E-state index in [1.165, 1.54) is 0 Å². The molecule has 0 aromatic carbocycles. The molecule has 15 heavy (non-hydrogen) atoms. The van der Waals surface area contributed by atoms with Gasteiger partial charge in [-0.05, 0) is 12.5 Å². The Kier molecular flexibility index (Phi) is 8.47. The van der Waals surface area contributed by atoms with Gasteiger partial charge in [0, 0.05) is 19.0 Å². The van der Waals surface area contributed by atoms with E-state index in [1.807, 2.05) is 18.2 Å². The van der Waals surface area contributed by atoms with Gasteiger partial charge in [-0.15, -0.1) is 0 Å². The third kappa shape index (κ3) is 7.76. The summed E-state index contributed by atoms with van der Waals surface area (Å²) in [6, 6.07) is -0.161. The average molecular weight is 212 g/mol. The number of rotatable bonds is 8. The second kappa shape index (κ2) is 9.27. The highest BCUT2D eigenvalue weighted by Gasteiger charge is 1.94. The van der Waals surface area contributed by atoms with Crippen LogP contribution in [-0.2, 0) is 9.53 Å². The van der Waals surface area contributed by atoms with Gasteiger partial charge in [0.2, 0.25) is 6.41 Å². The smallest absolute Gasteiger partial charge is 0.207 e. The van der Waals surface area contributed by atoms with E-state index in [0.29, 0.717) is 13.0 Å². The van der Waals surface area contributed by atoms with Crippen molar-refractivity contribution in [3.05, 3.63) is 24.0 Å². The van der Waals surface area contributed by atoms with E-state index in [-0.39, 0.29) is 6.04 Å². The zero-order valence-corrected chi connectivity index (χ0v) is 9.40. The predicted octanol–water partition coefficient (Wildman–Crippen LogP) is 0.946. The molecule has 86 valence electrons. The van der Waals surface area contributed by atoms with Crippen molar-refractivity contribution in [2.75, 3.05) is 13.7 Å². The summed E-state index contributed by atoms with van der Waals surface area (Å²) >= 11 is 0. The van der Waals surface area contributed by atoms with Crippen LogP contribution in [0.1, 0.15) is 19.8 Å². The Labute approximate surface area is 91.2 Å². The van der Waals surface area contributed by atoms with Crippen LogP contribution in [0.4, 0.5) is 0 Å². The summed E-state index contributed by atoms with van der Waals surface area (Å²) in [7, 11) is 1.66. The van der Waals surface area contributed by atoms with Crippen LogP contribution in [0.3, 0.4) is 0 Å². The highest BCUT2D eigenvalue weighted by atomic mass is 16.5. The van der Waals surface area contributed by atoms with Crippen LogP contribution in [0.25, 0.3) is 0 Å². The van der Waals surface area contributed by atoms with E-state index in [1.54, 1.807) is 7.11 Å². The molecule has 0 aliphatic carbocycles. The highest BCUT2D eigenvalue weighted by molar-refractivity contribution is 5.46. The number of amides is 1. The van der Waals surface area contributed by atoms with E-state index in [0.717, 1.165) is 18.6 Å². The largest absolute Gasteiger partial charge is 0.501 e. The van der Waals surface area contributed by atoms with Crippen molar-refractivity contribution in [2.45, 2.75) is 25.8 Å². The van der Waals surface area contributed by atoms with Crippen molar-refractivity contribution in [3.63, 3.8) is 0 Å². The van der Waals surface area contributed by atoms with Gasteiger partial charge in [0.05, 0.1) is 12.9 Å². The van der Waals surface area contributed by atoms with Crippen molar-refractivity contribution in [2.24, 2.45) is 5.73 Å². The Hall–Kier alpha value is -1.29. The molecule has 4 nitrogen and oxygen atoms in total. The fourth-order valence-electron chi connectivity index (χ4n) is 1.06. The minimum absolute atomic E-state index is 0.161. The molecule has 0 saturated carbocycles. The molecule has 3 N–H and O–H groups in total. The Balaban J connectivity index is 3.96. The van der Waals surface area contributed by atoms with Gasteiger partial charge in [-0.2, -0.15) is 0 Å². The predicted molar refractivity (Wildman–Crippen MR) is 61.2 cm³/mol. The first-order valence-electron chi connectivity index (χ1n) is 5.08. The fourth-order valence-corrected chi connectivity index (χ4v) is 1.06. The van der Waals surface area contributed by atoms with Gasteiger partial charge in [0.15, 0.2) is 0 Å². The quantitative estimate of drug-likeness (QED) is 0.357. The monoisotopic (exact) mass is 212 g/mol. The molecule has 0 aliphatic heterocycles. The second-order valence-electron chi connectivity index (χ2n) is 3.16. The first kappa shape index (κ1) is 13.7. The number of allylic oxidation sites excluding steroid dienone is 3. The second-order valence-corrected chi connectivity index (χ2v) is 3.16. The first-order chi connectivity index (χ1) is 7.24. The van der Waals surface area contributed by atoms with Crippen molar-refractivity contribution < 1.29 is 9.53 Å². The maximum atomic E-state index is 10.0. The van der Waals surface area contributed by atoms with Crippen LogP contribution < -0.4 is 11.1 Å². The minimum Gasteiger partial charge on any atom is -0.501 e. The zero-order valence-electron chi connectivity index (χ0n) is 9.40. The van der Waals surface area contributed by atoms with E-state index in [9.17, 15) is 4.79 Å². The molecule has 0 saturated heterocycles. The van der Waals surface area contributed by atoms with Crippen molar-refractivity contribution in [3.8, 4) is 0 Å². The summed E-state index contributed by atoms with van der Waals surface area (Å²) < 4.78 is 5.15. The Morgan fingerprint density at radius 3 is 2.87 bits per heavy atom. The molecule has 0 spiro atoms. The lowest BCUT2D eigenvalue weighted by Gasteiger charge is -2.04. The summed E-state index contributed by atoms with van der Waals surface area (Å²) in [5, 5.41) is 2.52. The number of ether oxygens (including phenoxy) is 1. The van der Waals surface area contributed by atoms with E-state index < -0.39 is 0 Å². The third-order valence-electron chi connectivity index (χ3n) is 1.84. The molecule has 0 rings (SSSR count). The van der Waals surface area contributed by atoms with Crippen LogP contribution in [-0.4, -0.2) is 26.1 Å². The molecule has 0 heterocycles. The summed E-state index contributed by atoms with van der Waals surface area (Å²) in [5.41, 5.74) is 5.68. The SMILES string of the molecule is CCC/C(=C\C=C\C(N)CNC=O)OC. The lowest BCUT2D eigenvalue weighted by Crippen LogP contribution is -2.31. The third-order valence-corrected chi connectivity index (χ3v) is 1.84. The molecular formula is C11H20N2O2. The lowest BCUT2D eigenvalue weighted by atomic mass is 10.2. The number of nitrogens with one attached hydrogen (secondary N) is 1. The van der Waals surface area contributed by atoms with Gasteiger partial charge in [0.1, 0.15) is 0 Å². The number of nitrogens with two attached hydrogens (primary N) is 1. The summed E-state index contributed by atoms with van der Waals surface area (Å²) in [6.45, 7) is 2.54. The molecule has 0 radical (unpaired) electrons. The topological polar surface area (TPSA) is 64.3 Å². The van der Waals surface area contributed by atoms with E-state index in [2.05, 4.69) is 12.2 Å². The fraction of sp³-hybridized carbons (Fsp3) is 0.545. The standard InChI is InChI=1S/C11H20N2O2/c1-3-5-11(15-2)7-4-6-10(12)8-13-9-14/h4,6-7,9-10H,3,5,8,12H2,1-2H3,(H,13,14)/b6-4+,11-7+. The summed E-state index contributed by atoms with van der Waals surface area (Å²) in [6.07, 6.45) is 8.18. The molecule has 4 heteroatoms. The molecule has 1 unspecified atom stereocenters. The number of methoxy groups -OCH3 is 1. The van der Waals surface area contributed by atoms with Gasteiger partial charge in [-0.3, -0.25) is 4.79 Å². The summed E-state index contributed by atoms with van der Waals surface area (Å²) in [4.78, 5) is 10.0. The molecule has 0 bridgehead atoms. The van der Waals surface area contributed by atoms with Crippen LogP contribution >= 0.6 is 0 Å². The Bertz CT molecular complexity index is 225. The van der Waals surface area contributed by atoms with E-state index >= 15 is 0 Å². The minimum atomic E-state index is -0.161. The Morgan fingerprint density at radius 2 is 2.33 bits per heavy atom. The van der Waals surface area contributed by atoms with Crippen molar-refractivity contribution in [1.29, 1.82) is 0 Å². The molecule has 0 aliphatic rings. The maximum Gasteiger partial charge on any atom is 0.207 e. The van der Waals surface area contributed by atoms with Crippen molar-refractivity contribution >= 4 is 6.41 Å². The van der Waals surface area contributed by atoms with Crippen LogP contribution in [0, 0.1) is 0 Å². The van der Waals surface area contributed by atoms with Crippen LogP contribution in [0.15, 0.2) is 24.0 Å². The van der Waals surface area contributed by atoms with E-state index in [4.69, 9.17) is 10.5 Å². The number of hydrogen-bond acceptors (Lipinski definition) is 3. The summed E-state index contributed by atoms with van der Waals surface area (Å²) in [5.74, 6) is 0.935. The van der Waals surface area contributed by atoms with Gasteiger partial charge >= 0.3 is 0 Å². The molecule has 1 atom stereocenters. The maximum absolute atomic E-state index is 10.0. The normalized spacial score (nSPS) is 13.9. The zero-order chi connectivity index (χ0) is 11.5. The van der Waals surface area contributed by atoms with Crippen molar-refractivity contribution in [1.82, 2.24) is 5.32 Å². The average Bonchev–Trinajstić information content (AvgIpc) is 2.25. The lowest BCUT2D eigenvalue weighted by molar-refractivity contribution is -0.109. The molecule has 0 aromatic rings. The highest BCUT2D eigenvalue weighted by Crippen LogP contribution is 2.04.